The molecule has 0 aliphatic rings. The molecule has 52 valence electrons. The highest BCUT2D eigenvalue weighted by atomic mass is 16.2. The van der Waals surface area contributed by atoms with E-state index >= 15 is 0 Å². The van der Waals surface area contributed by atoms with Gasteiger partial charge in [0.2, 0.25) is 0 Å². The Bertz CT molecular complexity index is 206. The van der Waals surface area contributed by atoms with Gasteiger partial charge in [0, 0.05) is 12.4 Å². The van der Waals surface area contributed by atoms with Gasteiger partial charge in [0.1, 0.15) is 0 Å². The quantitative estimate of drug-likeness (QED) is 0.658. The number of hydrogen-bond acceptors (Lipinski definition) is 2. The second-order valence-electron chi connectivity index (χ2n) is 1.87. The van der Waals surface area contributed by atoms with Crippen molar-refractivity contribution in [2.45, 2.75) is 0 Å². The van der Waals surface area contributed by atoms with Crippen LogP contribution in [0, 0.1) is 0 Å². The van der Waals surface area contributed by atoms with Crippen LogP contribution in [0.4, 0.5) is 0 Å². The average molecular weight is 135 g/mol. The van der Waals surface area contributed by atoms with Gasteiger partial charge in [0.05, 0.1) is 6.61 Å². The van der Waals surface area contributed by atoms with Crippen LogP contribution in [-0.2, 0) is 0 Å². The highest BCUT2D eigenvalue weighted by Crippen LogP contribution is 1.97. The molecule has 0 aliphatic carbocycles. The van der Waals surface area contributed by atoms with E-state index in [-0.39, 0.29) is 6.61 Å². The number of aromatic nitrogens is 1. The Morgan fingerprint density at radius 3 is 2.70 bits per heavy atom. The minimum atomic E-state index is 0.0856. The Morgan fingerprint density at radius 2 is 2.10 bits per heavy atom. The third-order valence-corrected chi connectivity index (χ3v) is 1.12. The lowest BCUT2D eigenvalue weighted by atomic mass is 10.2. The van der Waals surface area contributed by atoms with E-state index in [0.29, 0.717) is 0 Å². The number of hydrogen-bond donors (Lipinski definition) is 1. The largest absolute Gasteiger partial charge is 0.392 e. The van der Waals surface area contributed by atoms with Crippen molar-refractivity contribution in [3.05, 3.63) is 36.2 Å². The van der Waals surface area contributed by atoms with Crippen molar-refractivity contribution in [2.24, 2.45) is 0 Å². The van der Waals surface area contributed by atoms with E-state index in [1.807, 2.05) is 18.2 Å². The highest BCUT2D eigenvalue weighted by molar-refractivity contribution is 5.47. The van der Waals surface area contributed by atoms with Crippen LogP contribution in [-0.4, -0.2) is 16.7 Å². The van der Waals surface area contributed by atoms with Crippen LogP contribution in [0.15, 0.2) is 30.6 Å². The molecule has 0 amide bonds. The predicted octanol–water partition coefficient (Wildman–Crippen LogP) is 1.09. The van der Waals surface area contributed by atoms with Crippen LogP contribution in [0.1, 0.15) is 5.56 Å². The standard InChI is InChI=1S/C8H9NO/c10-7-1-2-8-3-5-9-6-4-8/h1-6,10H,7H2/b2-1+. The summed E-state index contributed by atoms with van der Waals surface area (Å²) < 4.78 is 0. The van der Waals surface area contributed by atoms with Gasteiger partial charge in [-0.15, -0.1) is 0 Å². The molecule has 0 spiro atoms. The zero-order valence-electron chi connectivity index (χ0n) is 5.57. The van der Waals surface area contributed by atoms with E-state index in [4.69, 9.17) is 5.11 Å². The Labute approximate surface area is 59.9 Å². The lowest BCUT2D eigenvalue weighted by Crippen LogP contribution is -1.74. The second-order valence-corrected chi connectivity index (χ2v) is 1.87. The summed E-state index contributed by atoms with van der Waals surface area (Å²) in [6.07, 6.45) is 6.98. The van der Waals surface area contributed by atoms with Gasteiger partial charge < -0.3 is 5.11 Å². The van der Waals surface area contributed by atoms with Crippen LogP contribution >= 0.6 is 0 Å². The Balaban J connectivity index is 2.67. The third kappa shape index (κ3) is 1.99. The van der Waals surface area contributed by atoms with Crippen LogP contribution < -0.4 is 0 Å². The van der Waals surface area contributed by atoms with E-state index in [0.717, 1.165) is 5.56 Å². The Hall–Kier alpha value is -1.15. The SMILES string of the molecule is OC/C=C/c1ccncc1. The molecule has 0 atom stereocenters. The molecule has 2 nitrogen and oxygen atoms in total. The molecule has 1 rings (SSSR count). The van der Waals surface area contributed by atoms with Gasteiger partial charge in [-0.1, -0.05) is 12.2 Å². The molecule has 1 heterocycles. The topological polar surface area (TPSA) is 33.1 Å². The molecule has 0 saturated heterocycles. The molecule has 0 unspecified atom stereocenters. The summed E-state index contributed by atoms with van der Waals surface area (Å²) in [6.45, 7) is 0.0856. The number of aliphatic hydroxyl groups excluding tert-OH is 1. The van der Waals surface area contributed by atoms with Crippen molar-refractivity contribution in [3.63, 3.8) is 0 Å². The van der Waals surface area contributed by atoms with E-state index in [1.165, 1.54) is 0 Å². The van der Waals surface area contributed by atoms with E-state index in [9.17, 15) is 0 Å². The lowest BCUT2D eigenvalue weighted by Gasteiger charge is -1.87. The summed E-state index contributed by atoms with van der Waals surface area (Å²) in [4.78, 5) is 3.86. The van der Waals surface area contributed by atoms with Crippen molar-refractivity contribution in [2.75, 3.05) is 6.61 Å². The van der Waals surface area contributed by atoms with Crippen molar-refractivity contribution in [3.8, 4) is 0 Å². The summed E-state index contributed by atoms with van der Waals surface area (Å²) in [5.74, 6) is 0. The molecule has 0 saturated carbocycles. The van der Waals surface area contributed by atoms with Crippen LogP contribution in [0.5, 0.6) is 0 Å². The molecule has 10 heavy (non-hydrogen) atoms. The van der Waals surface area contributed by atoms with Crippen LogP contribution in [0.25, 0.3) is 6.08 Å². The molecule has 0 radical (unpaired) electrons. The van der Waals surface area contributed by atoms with Gasteiger partial charge >= 0.3 is 0 Å². The predicted molar refractivity (Wildman–Crippen MR) is 40.4 cm³/mol. The first-order valence-corrected chi connectivity index (χ1v) is 3.11. The third-order valence-electron chi connectivity index (χ3n) is 1.12. The van der Waals surface area contributed by atoms with Crippen molar-refractivity contribution < 1.29 is 5.11 Å². The molecular formula is C8H9NO. The fourth-order valence-corrected chi connectivity index (χ4v) is 0.663. The summed E-state index contributed by atoms with van der Waals surface area (Å²) in [7, 11) is 0. The monoisotopic (exact) mass is 135 g/mol. The number of pyridine rings is 1. The summed E-state index contributed by atoms with van der Waals surface area (Å²) in [6, 6.07) is 3.76. The Kier molecular flexibility index (Phi) is 2.64. The van der Waals surface area contributed by atoms with Crippen molar-refractivity contribution >= 4 is 6.08 Å². The molecule has 1 aromatic rings. The smallest absolute Gasteiger partial charge is 0.0615 e. The lowest BCUT2D eigenvalue weighted by molar-refractivity contribution is 0.343. The number of rotatable bonds is 2. The van der Waals surface area contributed by atoms with Gasteiger partial charge in [0.15, 0.2) is 0 Å². The highest BCUT2D eigenvalue weighted by Gasteiger charge is 1.80. The Morgan fingerprint density at radius 1 is 1.40 bits per heavy atom. The first-order valence-electron chi connectivity index (χ1n) is 3.11. The van der Waals surface area contributed by atoms with Crippen molar-refractivity contribution in [1.82, 2.24) is 4.98 Å². The molecular weight excluding hydrogens is 126 g/mol. The van der Waals surface area contributed by atoms with Gasteiger partial charge in [-0.05, 0) is 17.7 Å². The first kappa shape index (κ1) is 6.96. The van der Waals surface area contributed by atoms with E-state index < -0.39 is 0 Å². The summed E-state index contributed by atoms with van der Waals surface area (Å²) in [5.41, 5.74) is 1.06. The molecule has 1 aromatic heterocycles. The van der Waals surface area contributed by atoms with E-state index in [1.54, 1.807) is 18.5 Å². The maximum atomic E-state index is 8.43. The summed E-state index contributed by atoms with van der Waals surface area (Å²) in [5, 5.41) is 8.43. The maximum Gasteiger partial charge on any atom is 0.0615 e. The van der Waals surface area contributed by atoms with Crippen LogP contribution in [0.2, 0.25) is 0 Å². The van der Waals surface area contributed by atoms with Gasteiger partial charge in [-0.2, -0.15) is 0 Å². The molecule has 0 bridgehead atoms. The first-order chi connectivity index (χ1) is 4.93. The second kappa shape index (κ2) is 3.80. The molecule has 2 heteroatoms. The molecule has 1 N–H and O–H groups in total. The van der Waals surface area contributed by atoms with Crippen molar-refractivity contribution in [1.29, 1.82) is 0 Å². The maximum absolute atomic E-state index is 8.43. The van der Waals surface area contributed by atoms with Gasteiger partial charge in [0.25, 0.3) is 0 Å². The fraction of sp³-hybridized carbons (Fsp3) is 0.125. The van der Waals surface area contributed by atoms with E-state index in [2.05, 4.69) is 4.98 Å². The zero-order valence-corrected chi connectivity index (χ0v) is 5.57. The summed E-state index contributed by atoms with van der Waals surface area (Å²) >= 11 is 0. The minimum Gasteiger partial charge on any atom is -0.392 e. The number of nitrogens with zero attached hydrogens (tertiary/aromatic N) is 1. The normalized spacial score (nSPS) is 10.5. The number of aliphatic hydroxyl groups is 1. The molecule has 0 fully saturated rings. The average Bonchev–Trinajstić information content (AvgIpc) is 2.03. The molecule has 0 aromatic carbocycles. The van der Waals surface area contributed by atoms with Gasteiger partial charge in [-0.25, -0.2) is 0 Å². The zero-order chi connectivity index (χ0) is 7.23. The van der Waals surface area contributed by atoms with Crippen LogP contribution in [0.3, 0.4) is 0 Å². The van der Waals surface area contributed by atoms with Gasteiger partial charge in [-0.3, -0.25) is 4.98 Å². The molecule has 0 aliphatic heterocycles. The fourth-order valence-electron chi connectivity index (χ4n) is 0.663. The minimum absolute atomic E-state index is 0.0856.